The first kappa shape index (κ1) is 18.3. The van der Waals surface area contributed by atoms with Crippen LogP contribution in [0.25, 0.3) is 0 Å². The number of amides is 1. The van der Waals surface area contributed by atoms with Crippen LogP contribution in [0.1, 0.15) is 48.4 Å². The fourth-order valence-electron chi connectivity index (χ4n) is 2.93. The molecule has 0 saturated heterocycles. The number of ether oxygens (including phenoxy) is 1. The molecule has 0 atom stereocenters. The van der Waals surface area contributed by atoms with Crippen molar-refractivity contribution >= 4 is 5.91 Å². The first-order valence-electron chi connectivity index (χ1n) is 8.49. The molecule has 1 heterocycles. The van der Waals surface area contributed by atoms with Crippen molar-refractivity contribution in [3.63, 3.8) is 0 Å². The van der Waals surface area contributed by atoms with Crippen LogP contribution in [-0.4, -0.2) is 28.3 Å². The number of benzene rings is 1. The minimum atomic E-state index is -1.01. The SMILES string of the molecule is O=C(NCC1(O)CCCCC1)c1cc(COc2ccc(F)c(F)c2)on1. The van der Waals surface area contributed by atoms with Crippen molar-refractivity contribution in [2.75, 3.05) is 6.54 Å². The van der Waals surface area contributed by atoms with Gasteiger partial charge in [-0.1, -0.05) is 24.4 Å². The molecule has 1 aliphatic carbocycles. The van der Waals surface area contributed by atoms with E-state index in [4.69, 9.17) is 9.26 Å². The Morgan fingerprint density at radius 3 is 2.73 bits per heavy atom. The van der Waals surface area contributed by atoms with Crippen LogP contribution in [0.2, 0.25) is 0 Å². The monoisotopic (exact) mass is 366 g/mol. The summed E-state index contributed by atoms with van der Waals surface area (Å²) >= 11 is 0. The highest BCUT2D eigenvalue weighted by molar-refractivity contribution is 5.92. The maximum absolute atomic E-state index is 13.1. The number of aliphatic hydroxyl groups is 1. The molecule has 0 aliphatic heterocycles. The molecule has 1 aromatic heterocycles. The summed E-state index contributed by atoms with van der Waals surface area (Å²) in [6.45, 7) is 0.0780. The molecule has 3 rings (SSSR count). The van der Waals surface area contributed by atoms with Gasteiger partial charge in [0.1, 0.15) is 12.4 Å². The fraction of sp³-hybridized carbons (Fsp3) is 0.444. The van der Waals surface area contributed by atoms with E-state index in [-0.39, 0.29) is 30.4 Å². The molecule has 0 bridgehead atoms. The van der Waals surface area contributed by atoms with Crippen molar-refractivity contribution in [2.45, 2.75) is 44.3 Å². The number of carbonyl (C=O) groups excluding carboxylic acids is 1. The summed E-state index contributed by atoms with van der Waals surface area (Å²) < 4.78 is 36.3. The molecule has 1 saturated carbocycles. The zero-order chi connectivity index (χ0) is 18.6. The number of rotatable bonds is 6. The first-order chi connectivity index (χ1) is 12.5. The van der Waals surface area contributed by atoms with Gasteiger partial charge in [0.2, 0.25) is 0 Å². The fourth-order valence-corrected chi connectivity index (χ4v) is 2.93. The third kappa shape index (κ3) is 4.57. The molecular formula is C18H20F2N2O4. The molecule has 2 aromatic rings. The molecule has 140 valence electrons. The van der Waals surface area contributed by atoms with Gasteiger partial charge >= 0.3 is 0 Å². The van der Waals surface area contributed by atoms with E-state index in [2.05, 4.69) is 10.5 Å². The topological polar surface area (TPSA) is 84.6 Å². The van der Waals surface area contributed by atoms with Crippen molar-refractivity contribution in [3.05, 3.63) is 47.4 Å². The summed E-state index contributed by atoms with van der Waals surface area (Å²) in [4.78, 5) is 12.1. The first-order valence-corrected chi connectivity index (χ1v) is 8.49. The van der Waals surface area contributed by atoms with Crippen LogP contribution in [0.4, 0.5) is 8.78 Å². The Morgan fingerprint density at radius 2 is 2.00 bits per heavy atom. The number of nitrogens with zero attached hydrogens (tertiary/aromatic N) is 1. The molecule has 1 amide bonds. The molecular weight excluding hydrogens is 346 g/mol. The zero-order valence-electron chi connectivity index (χ0n) is 14.1. The number of hydrogen-bond acceptors (Lipinski definition) is 5. The standard InChI is InChI=1S/C18H20F2N2O4/c19-14-5-4-12(8-15(14)20)25-10-13-9-16(22-26-13)17(23)21-11-18(24)6-2-1-3-7-18/h4-5,8-9,24H,1-3,6-7,10-11H2,(H,21,23). The van der Waals surface area contributed by atoms with Gasteiger partial charge in [0.05, 0.1) is 5.60 Å². The third-order valence-electron chi connectivity index (χ3n) is 4.43. The maximum Gasteiger partial charge on any atom is 0.273 e. The highest BCUT2D eigenvalue weighted by Gasteiger charge is 2.29. The second-order valence-corrected chi connectivity index (χ2v) is 6.51. The van der Waals surface area contributed by atoms with Gasteiger partial charge < -0.3 is 19.7 Å². The van der Waals surface area contributed by atoms with Crippen molar-refractivity contribution < 1.29 is 27.9 Å². The van der Waals surface area contributed by atoms with Gasteiger partial charge in [-0.05, 0) is 25.0 Å². The van der Waals surface area contributed by atoms with Crippen molar-refractivity contribution in [1.82, 2.24) is 10.5 Å². The Bertz CT molecular complexity index is 772. The molecule has 26 heavy (non-hydrogen) atoms. The molecule has 6 nitrogen and oxygen atoms in total. The maximum atomic E-state index is 13.1. The lowest BCUT2D eigenvalue weighted by atomic mass is 9.85. The Balaban J connectivity index is 1.51. The second kappa shape index (κ2) is 7.82. The second-order valence-electron chi connectivity index (χ2n) is 6.51. The number of nitrogens with one attached hydrogen (secondary N) is 1. The summed E-state index contributed by atoms with van der Waals surface area (Å²) in [5, 5.41) is 16.7. The quantitative estimate of drug-likeness (QED) is 0.821. The lowest BCUT2D eigenvalue weighted by Gasteiger charge is -2.31. The minimum absolute atomic E-state index is 0.0632. The Labute approximate surface area is 149 Å². The number of carbonyl (C=O) groups is 1. The van der Waals surface area contributed by atoms with Crippen LogP contribution in [0.5, 0.6) is 5.75 Å². The van der Waals surface area contributed by atoms with E-state index in [9.17, 15) is 18.7 Å². The molecule has 8 heteroatoms. The van der Waals surface area contributed by atoms with E-state index >= 15 is 0 Å². The van der Waals surface area contributed by atoms with Gasteiger partial charge in [-0.3, -0.25) is 4.79 Å². The van der Waals surface area contributed by atoms with E-state index in [1.165, 1.54) is 12.1 Å². The van der Waals surface area contributed by atoms with Gasteiger partial charge in [0, 0.05) is 18.7 Å². The molecule has 2 N–H and O–H groups in total. The summed E-state index contributed by atoms with van der Waals surface area (Å²) in [5.41, 5.74) is -0.802. The van der Waals surface area contributed by atoms with E-state index in [0.29, 0.717) is 12.8 Å². The van der Waals surface area contributed by atoms with Gasteiger partial charge in [-0.25, -0.2) is 8.78 Å². The predicted molar refractivity (Wildman–Crippen MR) is 87.6 cm³/mol. The predicted octanol–water partition coefficient (Wildman–Crippen LogP) is 2.96. The smallest absolute Gasteiger partial charge is 0.273 e. The lowest BCUT2D eigenvalue weighted by molar-refractivity contribution is 0.00517. The number of halogens is 2. The summed E-state index contributed by atoms with van der Waals surface area (Å²) in [7, 11) is 0. The highest BCUT2D eigenvalue weighted by atomic mass is 19.2. The third-order valence-corrected chi connectivity index (χ3v) is 4.43. The van der Waals surface area contributed by atoms with E-state index in [1.54, 1.807) is 0 Å². The van der Waals surface area contributed by atoms with Gasteiger partial charge in [0.25, 0.3) is 5.91 Å². The molecule has 0 radical (unpaired) electrons. The van der Waals surface area contributed by atoms with Crippen LogP contribution in [0, 0.1) is 11.6 Å². The van der Waals surface area contributed by atoms with Gasteiger partial charge in [0.15, 0.2) is 23.1 Å². The average Bonchev–Trinajstić information content (AvgIpc) is 3.10. The van der Waals surface area contributed by atoms with Gasteiger partial charge in [-0.2, -0.15) is 0 Å². The normalized spacial score (nSPS) is 16.3. The van der Waals surface area contributed by atoms with Crippen LogP contribution in [-0.2, 0) is 6.61 Å². The van der Waals surface area contributed by atoms with Crippen molar-refractivity contribution in [3.8, 4) is 5.75 Å². The summed E-state index contributed by atoms with van der Waals surface area (Å²) in [6, 6.07) is 4.57. The van der Waals surface area contributed by atoms with E-state index < -0.39 is 23.1 Å². The van der Waals surface area contributed by atoms with E-state index in [1.807, 2.05) is 0 Å². The average molecular weight is 366 g/mol. The molecule has 1 aromatic carbocycles. The van der Waals surface area contributed by atoms with Gasteiger partial charge in [-0.15, -0.1) is 0 Å². The Hall–Kier alpha value is -2.48. The van der Waals surface area contributed by atoms with Crippen LogP contribution < -0.4 is 10.1 Å². The largest absolute Gasteiger partial charge is 0.485 e. The van der Waals surface area contributed by atoms with Crippen LogP contribution in [0.15, 0.2) is 28.8 Å². The van der Waals surface area contributed by atoms with Crippen molar-refractivity contribution in [2.24, 2.45) is 0 Å². The molecule has 0 unspecified atom stereocenters. The Morgan fingerprint density at radius 1 is 1.23 bits per heavy atom. The van der Waals surface area contributed by atoms with Crippen LogP contribution >= 0.6 is 0 Å². The lowest BCUT2D eigenvalue weighted by Crippen LogP contribution is -2.44. The molecule has 1 aliphatic rings. The highest BCUT2D eigenvalue weighted by Crippen LogP contribution is 2.27. The molecule has 1 fully saturated rings. The Kier molecular flexibility index (Phi) is 5.51. The number of aromatic nitrogens is 1. The van der Waals surface area contributed by atoms with Crippen LogP contribution in [0.3, 0.4) is 0 Å². The molecule has 0 spiro atoms. The van der Waals surface area contributed by atoms with E-state index in [0.717, 1.165) is 31.4 Å². The summed E-state index contributed by atoms with van der Waals surface area (Å²) in [6.07, 6.45) is 4.32. The minimum Gasteiger partial charge on any atom is -0.485 e. The zero-order valence-corrected chi connectivity index (χ0v) is 14.1. The summed E-state index contributed by atoms with van der Waals surface area (Å²) in [5.74, 6) is -2.04. The van der Waals surface area contributed by atoms with Crippen molar-refractivity contribution in [1.29, 1.82) is 0 Å². The number of hydrogen-bond donors (Lipinski definition) is 2.